The number of rotatable bonds is 4. The van der Waals surface area contributed by atoms with E-state index in [-0.39, 0.29) is 11.7 Å². The van der Waals surface area contributed by atoms with E-state index in [0.717, 1.165) is 37.3 Å². The molecule has 120 valence electrons. The highest BCUT2D eigenvalue weighted by Gasteiger charge is 2.24. The van der Waals surface area contributed by atoms with Crippen LogP contribution in [-0.2, 0) is 0 Å². The van der Waals surface area contributed by atoms with Gasteiger partial charge in [0.05, 0.1) is 11.4 Å². The molecular weight excluding hydrogens is 289 g/mol. The van der Waals surface area contributed by atoms with Crippen molar-refractivity contribution in [3.05, 3.63) is 66.0 Å². The highest BCUT2D eigenvalue weighted by Crippen LogP contribution is 2.23. The first kappa shape index (κ1) is 15.7. The van der Waals surface area contributed by atoms with Crippen LogP contribution in [0.1, 0.15) is 18.4 Å². The van der Waals surface area contributed by atoms with Gasteiger partial charge in [-0.3, -0.25) is 5.43 Å². The van der Waals surface area contributed by atoms with Gasteiger partial charge in [0.15, 0.2) is 0 Å². The number of para-hydroxylation sites is 1. The van der Waals surface area contributed by atoms with Crippen molar-refractivity contribution < 1.29 is 4.39 Å². The standard InChI is InChI=1S/C19H22FN3/c1-23-13-11-15(12-14-23)19(17-9-5-6-10-18(17)20)22-21-16-7-3-2-4-8-16/h2-10,15,21H,11-14H2,1H3. The highest BCUT2D eigenvalue weighted by atomic mass is 19.1. The number of halogens is 1. The average Bonchev–Trinajstić information content (AvgIpc) is 2.59. The number of benzene rings is 2. The molecule has 0 radical (unpaired) electrons. The van der Waals surface area contributed by atoms with Crippen LogP contribution in [0.4, 0.5) is 10.1 Å². The topological polar surface area (TPSA) is 27.6 Å². The summed E-state index contributed by atoms with van der Waals surface area (Å²) in [5.41, 5.74) is 5.42. The summed E-state index contributed by atoms with van der Waals surface area (Å²) in [7, 11) is 2.12. The molecule has 3 rings (SSSR count). The van der Waals surface area contributed by atoms with Gasteiger partial charge < -0.3 is 4.90 Å². The summed E-state index contributed by atoms with van der Waals surface area (Å²) in [4.78, 5) is 2.31. The van der Waals surface area contributed by atoms with Gasteiger partial charge >= 0.3 is 0 Å². The molecule has 0 bridgehead atoms. The molecule has 0 unspecified atom stereocenters. The van der Waals surface area contributed by atoms with Crippen molar-refractivity contribution in [2.45, 2.75) is 12.8 Å². The number of likely N-dealkylation sites (tertiary alicyclic amines) is 1. The maximum atomic E-state index is 14.3. The molecule has 2 aromatic carbocycles. The van der Waals surface area contributed by atoms with Crippen LogP contribution in [0.15, 0.2) is 59.7 Å². The quantitative estimate of drug-likeness (QED) is 0.683. The molecule has 1 aliphatic heterocycles. The monoisotopic (exact) mass is 311 g/mol. The van der Waals surface area contributed by atoms with E-state index >= 15 is 0 Å². The molecule has 3 nitrogen and oxygen atoms in total. The molecule has 4 heteroatoms. The Balaban J connectivity index is 1.88. The molecule has 0 amide bonds. The van der Waals surface area contributed by atoms with E-state index in [4.69, 9.17) is 0 Å². The van der Waals surface area contributed by atoms with Gasteiger partial charge in [-0.25, -0.2) is 4.39 Å². The summed E-state index contributed by atoms with van der Waals surface area (Å²) in [6.07, 6.45) is 2.00. The van der Waals surface area contributed by atoms with E-state index < -0.39 is 0 Å². The van der Waals surface area contributed by atoms with Gasteiger partial charge in [0.1, 0.15) is 5.82 Å². The summed E-state index contributed by atoms with van der Waals surface area (Å²) in [5.74, 6) is 0.0688. The van der Waals surface area contributed by atoms with Crippen molar-refractivity contribution >= 4 is 11.4 Å². The lowest BCUT2D eigenvalue weighted by molar-refractivity contribution is 0.252. The van der Waals surface area contributed by atoms with Gasteiger partial charge in [0, 0.05) is 11.5 Å². The van der Waals surface area contributed by atoms with E-state index in [1.54, 1.807) is 6.07 Å². The Bertz CT molecular complexity index is 661. The Labute approximate surface area is 136 Å². The smallest absolute Gasteiger partial charge is 0.132 e. The Morgan fingerprint density at radius 2 is 1.70 bits per heavy atom. The van der Waals surface area contributed by atoms with Gasteiger partial charge in [0.25, 0.3) is 0 Å². The third-order valence-electron chi connectivity index (χ3n) is 4.33. The largest absolute Gasteiger partial charge is 0.306 e. The van der Waals surface area contributed by atoms with E-state index in [1.165, 1.54) is 6.07 Å². The minimum absolute atomic E-state index is 0.208. The van der Waals surface area contributed by atoms with E-state index in [2.05, 4.69) is 22.5 Å². The van der Waals surface area contributed by atoms with Crippen molar-refractivity contribution in [2.24, 2.45) is 11.0 Å². The summed E-state index contributed by atoms with van der Waals surface area (Å²) in [6.45, 7) is 2.03. The number of hydrazone groups is 1. The SMILES string of the molecule is CN1CCC(C(=NNc2ccccc2)c2ccccc2F)CC1. The summed E-state index contributed by atoms with van der Waals surface area (Å²) in [5, 5.41) is 4.58. The van der Waals surface area contributed by atoms with Crippen molar-refractivity contribution in [3.8, 4) is 0 Å². The lowest BCUT2D eigenvalue weighted by Crippen LogP contribution is -2.34. The first-order valence-corrected chi connectivity index (χ1v) is 8.06. The van der Waals surface area contributed by atoms with Crippen LogP contribution in [-0.4, -0.2) is 30.7 Å². The Morgan fingerprint density at radius 1 is 1.04 bits per heavy atom. The molecule has 0 aromatic heterocycles. The third kappa shape index (κ3) is 3.96. The first-order chi connectivity index (χ1) is 11.2. The van der Waals surface area contributed by atoms with E-state index in [1.807, 2.05) is 42.5 Å². The fourth-order valence-electron chi connectivity index (χ4n) is 2.96. The normalized spacial score (nSPS) is 17.2. The van der Waals surface area contributed by atoms with Crippen LogP contribution in [0.2, 0.25) is 0 Å². The first-order valence-electron chi connectivity index (χ1n) is 8.06. The fraction of sp³-hybridized carbons (Fsp3) is 0.316. The second kappa shape index (κ2) is 7.38. The predicted octanol–water partition coefficient (Wildman–Crippen LogP) is 3.98. The van der Waals surface area contributed by atoms with E-state index in [9.17, 15) is 4.39 Å². The molecule has 0 atom stereocenters. The molecule has 1 N–H and O–H groups in total. The zero-order valence-electron chi connectivity index (χ0n) is 13.4. The fourth-order valence-corrected chi connectivity index (χ4v) is 2.96. The van der Waals surface area contributed by atoms with E-state index in [0.29, 0.717) is 5.56 Å². The lowest BCUT2D eigenvalue weighted by Gasteiger charge is -2.30. The third-order valence-corrected chi connectivity index (χ3v) is 4.33. The second-order valence-electron chi connectivity index (χ2n) is 6.03. The number of nitrogens with one attached hydrogen (secondary N) is 1. The molecule has 0 spiro atoms. The van der Waals surface area contributed by atoms with Gasteiger partial charge in [-0.05, 0) is 51.2 Å². The molecule has 1 fully saturated rings. The minimum atomic E-state index is -0.208. The van der Waals surface area contributed by atoms with Crippen molar-refractivity contribution in [1.29, 1.82) is 0 Å². The van der Waals surface area contributed by atoms with Crippen LogP contribution >= 0.6 is 0 Å². The Morgan fingerprint density at radius 3 is 2.39 bits per heavy atom. The number of hydrogen-bond donors (Lipinski definition) is 1. The molecule has 1 aliphatic rings. The number of hydrogen-bond acceptors (Lipinski definition) is 3. The zero-order valence-corrected chi connectivity index (χ0v) is 13.4. The van der Waals surface area contributed by atoms with Crippen molar-refractivity contribution in [1.82, 2.24) is 4.90 Å². The van der Waals surface area contributed by atoms with Crippen LogP contribution in [0, 0.1) is 11.7 Å². The van der Waals surface area contributed by atoms with Gasteiger partial charge in [0.2, 0.25) is 0 Å². The number of anilines is 1. The maximum Gasteiger partial charge on any atom is 0.132 e. The zero-order chi connectivity index (χ0) is 16.1. The molecule has 0 aliphatic carbocycles. The minimum Gasteiger partial charge on any atom is -0.306 e. The molecular formula is C19H22FN3. The molecule has 0 saturated carbocycles. The number of nitrogens with zero attached hydrogens (tertiary/aromatic N) is 2. The van der Waals surface area contributed by atoms with Crippen LogP contribution in [0.25, 0.3) is 0 Å². The summed E-state index contributed by atoms with van der Waals surface area (Å²) >= 11 is 0. The predicted molar refractivity (Wildman–Crippen MR) is 93.2 cm³/mol. The maximum absolute atomic E-state index is 14.3. The lowest BCUT2D eigenvalue weighted by atomic mass is 9.88. The molecule has 23 heavy (non-hydrogen) atoms. The highest BCUT2D eigenvalue weighted by molar-refractivity contribution is 6.02. The summed E-state index contributed by atoms with van der Waals surface area (Å²) in [6, 6.07) is 16.7. The van der Waals surface area contributed by atoms with Crippen LogP contribution in [0.3, 0.4) is 0 Å². The molecule has 1 saturated heterocycles. The van der Waals surface area contributed by atoms with Gasteiger partial charge in [-0.15, -0.1) is 0 Å². The molecule has 2 aromatic rings. The summed E-state index contributed by atoms with van der Waals surface area (Å²) < 4.78 is 14.3. The molecule has 1 heterocycles. The van der Waals surface area contributed by atoms with Crippen LogP contribution < -0.4 is 5.43 Å². The van der Waals surface area contributed by atoms with Crippen molar-refractivity contribution in [2.75, 3.05) is 25.6 Å². The second-order valence-corrected chi connectivity index (χ2v) is 6.03. The average molecular weight is 311 g/mol. The van der Waals surface area contributed by atoms with Crippen molar-refractivity contribution in [3.63, 3.8) is 0 Å². The Kier molecular flexibility index (Phi) is 5.03. The number of piperidine rings is 1. The Hall–Kier alpha value is -2.20. The van der Waals surface area contributed by atoms with Gasteiger partial charge in [-0.1, -0.05) is 36.4 Å². The van der Waals surface area contributed by atoms with Crippen LogP contribution in [0.5, 0.6) is 0 Å². The van der Waals surface area contributed by atoms with Gasteiger partial charge in [-0.2, -0.15) is 5.10 Å².